The fraction of sp³-hybridized carbons (Fsp3) is 0.227. The second-order valence-electron chi connectivity index (χ2n) is 6.78. The average Bonchev–Trinajstić information content (AvgIpc) is 2.68. The number of anilines is 2. The summed E-state index contributed by atoms with van der Waals surface area (Å²) in [5.74, 6) is 0.924. The van der Waals surface area contributed by atoms with Crippen LogP contribution in [-0.4, -0.2) is 22.0 Å². The van der Waals surface area contributed by atoms with Crippen molar-refractivity contribution in [1.82, 2.24) is 9.97 Å². The molecule has 150 valence electrons. The summed E-state index contributed by atoms with van der Waals surface area (Å²) in [5, 5.41) is 5.98. The average molecular weight is 394 g/mol. The molecule has 0 aliphatic carbocycles. The third kappa shape index (κ3) is 5.75. The van der Waals surface area contributed by atoms with Crippen LogP contribution in [0.1, 0.15) is 35.7 Å². The van der Waals surface area contributed by atoms with Crippen LogP contribution in [-0.2, 0) is 6.54 Å². The van der Waals surface area contributed by atoms with Gasteiger partial charge in [0.2, 0.25) is 0 Å². The first-order valence-electron chi connectivity index (χ1n) is 9.32. The highest BCUT2D eigenvalue weighted by atomic mass is 19.1. The lowest BCUT2D eigenvalue weighted by Gasteiger charge is -2.15. The van der Waals surface area contributed by atoms with Crippen LogP contribution in [0.5, 0.6) is 5.75 Å². The van der Waals surface area contributed by atoms with Crippen LogP contribution in [0, 0.1) is 12.7 Å². The number of rotatable bonds is 7. The smallest absolute Gasteiger partial charge is 0.274 e. The molecule has 0 fully saturated rings. The lowest BCUT2D eigenvalue weighted by atomic mass is 10.2. The third-order valence-electron chi connectivity index (χ3n) is 3.96. The van der Waals surface area contributed by atoms with Crippen LogP contribution in [0.15, 0.2) is 54.6 Å². The Hall–Kier alpha value is -3.48. The molecule has 0 saturated carbocycles. The number of benzene rings is 2. The molecule has 29 heavy (non-hydrogen) atoms. The minimum absolute atomic E-state index is 0.0170. The molecular formula is C22H23FN4O2. The SMILES string of the molecule is Cc1nc(NCc2ccc(F)cc2)cc(C(=O)Nc2ccccc2OC(C)C)n1. The van der Waals surface area contributed by atoms with Crippen LogP contribution in [0.4, 0.5) is 15.9 Å². The van der Waals surface area contributed by atoms with E-state index in [0.717, 1.165) is 5.56 Å². The van der Waals surface area contributed by atoms with Crippen LogP contribution in [0.2, 0.25) is 0 Å². The van der Waals surface area contributed by atoms with Gasteiger partial charge in [-0.25, -0.2) is 14.4 Å². The van der Waals surface area contributed by atoms with Gasteiger partial charge in [-0.1, -0.05) is 24.3 Å². The van der Waals surface area contributed by atoms with Crippen LogP contribution in [0.3, 0.4) is 0 Å². The van der Waals surface area contributed by atoms with Crippen molar-refractivity contribution in [3.63, 3.8) is 0 Å². The number of ether oxygens (including phenoxy) is 1. The summed E-state index contributed by atoms with van der Waals surface area (Å²) in [6, 6.07) is 15.0. The summed E-state index contributed by atoms with van der Waals surface area (Å²) < 4.78 is 18.8. The van der Waals surface area contributed by atoms with E-state index in [1.165, 1.54) is 12.1 Å². The number of hydrogen-bond acceptors (Lipinski definition) is 5. The highest BCUT2D eigenvalue weighted by molar-refractivity contribution is 6.04. The predicted octanol–water partition coefficient (Wildman–Crippen LogP) is 4.58. The number of halogens is 1. The van der Waals surface area contributed by atoms with Crippen molar-refractivity contribution in [3.05, 3.63) is 77.5 Å². The van der Waals surface area contributed by atoms with E-state index in [0.29, 0.717) is 29.6 Å². The second kappa shape index (κ2) is 9.14. The second-order valence-corrected chi connectivity index (χ2v) is 6.78. The number of para-hydroxylation sites is 2. The molecule has 1 aromatic heterocycles. The summed E-state index contributed by atoms with van der Waals surface area (Å²) >= 11 is 0. The number of amides is 1. The number of carbonyl (C=O) groups is 1. The fourth-order valence-corrected chi connectivity index (χ4v) is 2.68. The zero-order valence-electron chi connectivity index (χ0n) is 16.6. The largest absolute Gasteiger partial charge is 0.489 e. The Kier molecular flexibility index (Phi) is 6.39. The Morgan fingerprint density at radius 2 is 1.83 bits per heavy atom. The lowest BCUT2D eigenvalue weighted by Crippen LogP contribution is -2.17. The van der Waals surface area contributed by atoms with Crippen molar-refractivity contribution < 1.29 is 13.9 Å². The number of aryl methyl sites for hydroxylation is 1. The van der Waals surface area contributed by atoms with Crippen LogP contribution in [0.25, 0.3) is 0 Å². The molecule has 0 atom stereocenters. The molecule has 0 radical (unpaired) electrons. The maximum absolute atomic E-state index is 13.0. The van der Waals surface area contributed by atoms with Crippen molar-refractivity contribution in [3.8, 4) is 5.75 Å². The number of carbonyl (C=O) groups excluding carboxylic acids is 1. The minimum Gasteiger partial charge on any atom is -0.489 e. The van der Waals surface area contributed by atoms with Crippen LogP contribution < -0.4 is 15.4 Å². The quantitative estimate of drug-likeness (QED) is 0.614. The molecule has 0 aliphatic rings. The van der Waals surface area contributed by atoms with Crippen LogP contribution >= 0.6 is 0 Å². The van der Waals surface area contributed by atoms with E-state index < -0.39 is 0 Å². The summed E-state index contributed by atoms with van der Waals surface area (Å²) in [6.45, 7) is 6.01. The topological polar surface area (TPSA) is 76.1 Å². The molecule has 2 aromatic carbocycles. The van der Waals surface area contributed by atoms with E-state index >= 15 is 0 Å². The highest BCUT2D eigenvalue weighted by Gasteiger charge is 2.14. The van der Waals surface area contributed by atoms with Crippen molar-refractivity contribution in [2.45, 2.75) is 33.4 Å². The van der Waals surface area contributed by atoms with E-state index in [-0.39, 0.29) is 23.5 Å². The Morgan fingerprint density at radius 3 is 2.55 bits per heavy atom. The maximum Gasteiger partial charge on any atom is 0.274 e. The zero-order chi connectivity index (χ0) is 20.8. The van der Waals surface area contributed by atoms with Gasteiger partial charge in [-0.15, -0.1) is 0 Å². The van der Waals surface area contributed by atoms with E-state index in [1.807, 2.05) is 26.0 Å². The van der Waals surface area contributed by atoms with Gasteiger partial charge in [0, 0.05) is 12.6 Å². The van der Waals surface area contributed by atoms with E-state index in [4.69, 9.17) is 4.74 Å². The Morgan fingerprint density at radius 1 is 1.10 bits per heavy atom. The first-order valence-corrected chi connectivity index (χ1v) is 9.32. The molecule has 3 rings (SSSR count). The predicted molar refractivity (Wildman–Crippen MR) is 111 cm³/mol. The van der Waals surface area contributed by atoms with E-state index in [1.54, 1.807) is 37.3 Å². The normalized spacial score (nSPS) is 10.7. The Balaban J connectivity index is 1.73. The molecule has 0 aliphatic heterocycles. The van der Waals surface area contributed by atoms with E-state index in [9.17, 15) is 9.18 Å². The van der Waals surface area contributed by atoms with Gasteiger partial charge in [0.25, 0.3) is 5.91 Å². The molecule has 1 heterocycles. The number of nitrogens with zero attached hydrogens (tertiary/aromatic N) is 2. The van der Waals surface area contributed by atoms with Crippen molar-refractivity contribution >= 4 is 17.4 Å². The molecule has 0 bridgehead atoms. The maximum atomic E-state index is 13.0. The van der Waals surface area contributed by atoms with Crippen molar-refractivity contribution in [2.75, 3.05) is 10.6 Å². The first-order chi connectivity index (χ1) is 13.9. The molecule has 0 saturated heterocycles. The summed E-state index contributed by atoms with van der Waals surface area (Å²) in [7, 11) is 0. The summed E-state index contributed by atoms with van der Waals surface area (Å²) in [5.41, 5.74) is 1.70. The van der Waals surface area contributed by atoms with Gasteiger partial charge >= 0.3 is 0 Å². The molecular weight excluding hydrogens is 371 g/mol. The molecule has 6 nitrogen and oxygen atoms in total. The summed E-state index contributed by atoms with van der Waals surface area (Å²) in [4.78, 5) is 21.3. The molecule has 7 heteroatoms. The number of aromatic nitrogens is 2. The van der Waals surface area contributed by atoms with Gasteiger partial charge in [-0.05, 0) is 50.6 Å². The van der Waals surface area contributed by atoms with E-state index in [2.05, 4.69) is 20.6 Å². The Labute approximate surface area is 169 Å². The van der Waals surface area contributed by atoms with Gasteiger partial charge < -0.3 is 15.4 Å². The molecule has 0 spiro atoms. The van der Waals surface area contributed by atoms with Gasteiger partial charge in [0.05, 0.1) is 11.8 Å². The zero-order valence-corrected chi connectivity index (χ0v) is 16.6. The standard InChI is InChI=1S/C22H23FN4O2/c1-14(2)29-20-7-5-4-6-18(20)27-22(28)19-12-21(26-15(3)25-19)24-13-16-8-10-17(23)11-9-16/h4-12,14H,13H2,1-3H3,(H,27,28)(H,24,25,26). The lowest BCUT2D eigenvalue weighted by molar-refractivity contribution is 0.102. The van der Waals surface area contributed by atoms with Gasteiger partial charge in [0.15, 0.2) is 0 Å². The minimum atomic E-state index is -0.361. The van der Waals surface area contributed by atoms with Gasteiger partial charge in [0.1, 0.15) is 28.9 Å². The molecule has 2 N–H and O–H groups in total. The molecule has 1 amide bonds. The van der Waals surface area contributed by atoms with Crippen molar-refractivity contribution in [1.29, 1.82) is 0 Å². The third-order valence-corrected chi connectivity index (χ3v) is 3.96. The number of hydrogen-bond donors (Lipinski definition) is 2. The van der Waals surface area contributed by atoms with Crippen molar-refractivity contribution in [2.24, 2.45) is 0 Å². The van der Waals surface area contributed by atoms with Gasteiger partial charge in [-0.2, -0.15) is 0 Å². The number of nitrogens with one attached hydrogen (secondary N) is 2. The molecule has 0 unspecified atom stereocenters. The fourth-order valence-electron chi connectivity index (χ4n) is 2.68. The first kappa shape index (κ1) is 20.3. The monoisotopic (exact) mass is 394 g/mol. The molecule has 3 aromatic rings. The Bertz CT molecular complexity index is 990. The summed E-state index contributed by atoms with van der Waals surface area (Å²) in [6.07, 6.45) is -0.0170. The highest BCUT2D eigenvalue weighted by Crippen LogP contribution is 2.25. The van der Waals surface area contributed by atoms with Gasteiger partial charge in [-0.3, -0.25) is 4.79 Å².